The quantitative estimate of drug-likeness (QED) is 0.516. The normalized spacial score (nSPS) is 10.5. The maximum atomic E-state index is 13.5. The molecule has 0 fully saturated rings. The van der Waals surface area contributed by atoms with Crippen LogP contribution in [0.1, 0.15) is 15.9 Å². The van der Waals surface area contributed by atoms with Crippen molar-refractivity contribution in [3.8, 4) is 0 Å². The average Bonchev–Trinajstić information content (AvgIpc) is 2.70. The SMILES string of the molecule is O=C(Cc1cc(Br)ccc1F)c1csc(I)c1. The van der Waals surface area contributed by atoms with Crippen LogP contribution in [-0.4, -0.2) is 5.78 Å². The van der Waals surface area contributed by atoms with Crippen LogP contribution >= 0.6 is 49.9 Å². The van der Waals surface area contributed by atoms with Gasteiger partial charge in [0.1, 0.15) is 5.82 Å². The van der Waals surface area contributed by atoms with Gasteiger partial charge < -0.3 is 0 Å². The Morgan fingerprint density at radius 3 is 2.82 bits per heavy atom. The molecular formula is C12H7BrFIOS. The number of halogens is 3. The van der Waals surface area contributed by atoms with Crippen molar-refractivity contribution < 1.29 is 9.18 Å². The predicted molar refractivity (Wildman–Crippen MR) is 79.2 cm³/mol. The Morgan fingerprint density at radius 1 is 1.41 bits per heavy atom. The van der Waals surface area contributed by atoms with E-state index in [4.69, 9.17) is 0 Å². The van der Waals surface area contributed by atoms with Gasteiger partial charge in [-0.3, -0.25) is 4.79 Å². The highest BCUT2D eigenvalue weighted by molar-refractivity contribution is 14.1. The molecule has 5 heteroatoms. The molecule has 0 bridgehead atoms. The fraction of sp³-hybridized carbons (Fsp3) is 0.0833. The van der Waals surface area contributed by atoms with Gasteiger partial charge in [0.2, 0.25) is 0 Å². The number of ketones is 1. The average molecular weight is 425 g/mol. The second kappa shape index (κ2) is 5.58. The zero-order valence-electron chi connectivity index (χ0n) is 8.54. The number of Topliss-reactive ketones (excluding diaryl/α,β-unsaturated/α-hetero) is 1. The third-order valence-corrected chi connectivity index (χ3v) is 4.53. The first kappa shape index (κ1) is 13.2. The van der Waals surface area contributed by atoms with Crippen molar-refractivity contribution in [2.45, 2.75) is 6.42 Å². The molecule has 0 aliphatic carbocycles. The zero-order chi connectivity index (χ0) is 12.4. The molecule has 17 heavy (non-hydrogen) atoms. The molecule has 0 radical (unpaired) electrons. The van der Waals surface area contributed by atoms with Crippen LogP contribution in [0.15, 0.2) is 34.1 Å². The lowest BCUT2D eigenvalue weighted by Crippen LogP contribution is -2.04. The molecule has 0 spiro atoms. The van der Waals surface area contributed by atoms with Crippen LogP contribution in [0.5, 0.6) is 0 Å². The number of carbonyl (C=O) groups is 1. The van der Waals surface area contributed by atoms with Crippen molar-refractivity contribution in [2.24, 2.45) is 0 Å². The molecule has 0 N–H and O–H groups in total. The molecule has 1 nitrogen and oxygen atoms in total. The van der Waals surface area contributed by atoms with Gasteiger partial charge in [-0.25, -0.2) is 4.39 Å². The molecule has 0 saturated carbocycles. The number of carbonyl (C=O) groups excluding carboxylic acids is 1. The highest BCUT2D eigenvalue weighted by Crippen LogP contribution is 2.21. The van der Waals surface area contributed by atoms with E-state index < -0.39 is 0 Å². The Balaban J connectivity index is 2.21. The molecule has 0 aliphatic rings. The summed E-state index contributed by atoms with van der Waals surface area (Å²) < 4.78 is 15.3. The van der Waals surface area contributed by atoms with Crippen LogP contribution in [0.4, 0.5) is 4.39 Å². The molecule has 0 amide bonds. The summed E-state index contributed by atoms with van der Waals surface area (Å²) in [5, 5.41) is 1.81. The second-order valence-electron chi connectivity index (χ2n) is 3.48. The molecule has 0 saturated heterocycles. The number of thiophene rings is 1. The van der Waals surface area contributed by atoms with Crippen LogP contribution in [0.25, 0.3) is 0 Å². The molecule has 1 aromatic heterocycles. The lowest BCUT2D eigenvalue weighted by Gasteiger charge is -2.02. The van der Waals surface area contributed by atoms with E-state index in [1.807, 2.05) is 6.07 Å². The number of benzene rings is 1. The minimum atomic E-state index is -0.341. The monoisotopic (exact) mass is 424 g/mol. The summed E-state index contributed by atoms with van der Waals surface area (Å²) >= 11 is 6.94. The standard InChI is InChI=1S/C12H7BrFIOS/c13-9-1-2-10(14)7(3-9)4-11(16)8-5-12(15)17-6-8/h1-3,5-6H,4H2. The lowest BCUT2D eigenvalue weighted by molar-refractivity contribution is 0.0992. The zero-order valence-corrected chi connectivity index (χ0v) is 13.1. The Kier molecular flexibility index (Phi) is 4.32. The third-order valence-electron chi connectivity index (χ3n) is 2.25. The Morgan fingerprint density at radius 2 is 2.18 bits per heavy atom. The Bertz CT molecular complexity index is 567. The van der Waals surface area contributed by atoms with Crippen molar-refractivity contribution in [2.75, 3.05) is 0 Å². The molecular weight excluding hydrogens is 418 g/mol. The maximum absolute atomic E-state index is 13.5. The van der Waals surface area contributed by atoms with Crippen molar-refractivity contribution in [1.82, 2.24) is 0 Å². The van der Waals surface area contributed by atoms with Gasteiger partial charge >= 0.3 is 0 Å². The molecule has 0 unspecified atom stereocenters. The smallest absolute Gasteiger partial charge is 0.168 e. The van der Waals surface area contributed by atoms with Crippen molar-refractivity contribution >= 4 is 55.6 Å². The van der Waals surface area contributed by atoms with E-state index in [1.165, 1.54) is 17.4 Å². The molecule has 1 heterocycles. The highest BCUT2D eigenvalue weighted by Gasteiger charge is 2.12. The van der Waals surface area contributed by atoms with Crippen LogP contribution in [-0.2, 0) is 6.42 Å². The van der Waals surface area contributed by atoms with Crippen LogP contribution in [0.2, 0.25) is 0 Å². The van der Waals surface area contributed by atoms with Crippen molar-refractivity contribution in [3.05, 3.63) is 53.9 Å². The second-order valence-corrected chi connectivity index (χ2v) is 7.20. The summed E-state index contributed by atoms with van der Waals surface area (Å²) in [4.78, 5) is 11.9. The lowest BCUT2D eigenvalue weighted by atomic mass is 10.1. The largest absolute Gasteiger partial charge is 0.294 e. The van der Waals surface area contributed by atoms with Gasteiger partial charge in [0.05, 0.1) is 2.88 Å². The van der Waals surface area contributed by atoms with E-state index in [-0.39, 0.29) is 18.0 Å². The van der Waals surface area contributed by atoms with E-state index in [9.17, 15) is 9.18 Å². The number of rotatable bonds is 3. The summed E-state index contributed by atoms with van der Waals surface area (Å²) in [7, 11) is 0. The van der Waals surface area contributed by atoms with Gasteiger partial charge in [0, 0.05) is 21.8 Å². The third kappa shape index (κ3) is 3.35. The topological polar surface area (TPSA) is 17.1 Å². The van der Waals surface area contributed by atoms with Crippen molar-refractivity contribution in [3.63, 3.8) is 0 Å². The summed E-state index contributed by atoms with van der Waals surface area (Å²) in [6.45, 7) is 0. The van der Waals surface area contributed by atoms with E-state index in [0.29, 0.717) is 11.1 Å². The van der Waals surface area contributed by atoms with E-state index in [2.05, 4.69) is 38.5 Å². The van der Waals surface area contributed by atoms with E-state index in [1.54, 1.807) is 17.5 Å². The number of hydrogen-bond donors (Lipinski definition) is 0. The molecule has 2 rings (SSSR count). The molecule has 0 atom stereocenters. The first-order valence-electron chi connectivity index (χ1n) is 4.77. The fourth-order valence-corrected chi connectivity index (χ4v) is 3.17. The van der Waals surface area contributed by atoms with Gasteiger partial charge in [0.25, 0.3) is 0 Å². The molecule has 1 aromatic carbocycles. The molecule has 2 aromatic rings. The first-order valence-corrected chi connectivity index (χ1v) is 7.52. The van der Waals surface area contributed by atoms with E-state index >= 15 is 0 Å². The summed E-state index contributed by atoms with van der Waals surface area (Å²) in [6, 6.07) is 6.45. The first-order chi connectivity index (χ1) is 8.06. The van der Waals surface area contributed by atoms with Gasteiger partial charge in [-0.05, 0) is 52.4 Å². The minimum absolute atomic E-state index is 0.0545. The summed E-state index contributed by atoms with van der Waals surface area (Å²) in [5.41, 5.74) is 1.07. The van der Waals surface area contributed by atoms with Gasteiger partial charge in [-0.15, -0.1) is 11.3 Å². The predicted octanol–water partition coefficient (Wildman–Crippen LogP) is 4.68. The highest BCUT2D eigenvalue weighted by atomic mass is 127. The Labute approximate surface area is 124 Å². The molecule has 88 valence electrons. The van der Waals surface area contributed by atoms with Crippen LogP contribution in [0, 0.1) is 8.70 Å². The van der Waals surface area contributed by atoms with Gasteiger partial charge in [-0.1, -0.05) is 15.9 Å². The maximum Gasteiger partial charge on any atom is 0.168 e. The van der Waals surface area contributed by atoms with Crippen LogP contribution < -0.4 is 0 Å². The van der Waals surface area contributed by atoms with E-state index in [0.717, 1.165) is 7.36 Å². The summed E-state index contributed by atoms with van der Waals surface area (Å²) in [6.07, 6.45) is 0.0953. The number of hydrogen-bond acceptors (Lipinski definition) is 2. The van der Waals surface area contributed by atoms with Crippen molar-refractivity contribution in [1.29, 1.82) is 0 Å². The van der Waals surface area contributed by atoms with Gasteiger partial charge in [-0.2, -0.15) is 0 Å². The summed E-state index contributed by atoms with van der Waals surface area (Å²) in [5.74, 6) is -0.396. The van der Waals surface area contributed by atoms with Crippen LogP contribution in [0.3, 0.4) is 0 Å². The van der Waals surface area contributed by atoms with Gasteiger partial charge in [0.15, 0.2) is 5.78 Å². The molecule has 0 aliphatic heterocycles. The minimum Gasteiger partial charge on any atom is -0.294 e. The fourth-order valence-electron chi connectivity index (χ4n) is 1.41. The Hall–Kier alpha value is -0.270.